The van der Waals surface area contributed by atoms with Crippen molar-refractivity contribution in [3.63, 3.8) is 0 Å². The number of benzene rings is 2. The number of nitrogens with zero attached hydrogens (tertiary/aromatic N) is 1. The van der Waals surface area contributed by atoms with Gasteiger partial charge in [-0.25, -0.2) is 4.79 Å². The minimum atomic E-state index is -1.01. The third-order valence-electron chi connectivity index (χ3n) is 3.49. The predicted molar refractivity (Wildman–Crippen MR) is 91.1 cm³/mol. The molecule has 2 N–H and O–H groups in total. The summed E-state index contributed by atoms with van der Waals surface area (Å²) >= 11 is 0. The molecule has 23 heavy (non-hydrogen) atoms. The molecule has 2 rings (SSSR count). The largest absolute Gasteiger partial charge is 0.478 e. The Morgan fingerprint density at radius 2 is 1.78 bits per heavy atom. The van der Waals surface area contributed by atoms with Crippen LogP contribution in [0, 0.1) is 0 Å². The highest BCUT2D eigenvalue weighted by Crippen LogP contribution is 2.14. The van der Waals surface area contributed by atoms with Gasteiger partial charge in [-0.05, 0) is 42.3 Å². The van der Waals surface area contributed by atoms with Crippen molar-refractivity contribution in [3.8, 4) is 0 Å². The van der Waals surface area contributed by atoms with E-state index in [-0.39, 0.29) is 11.5 Å². The highest BCUT2D eigenvalue weighted by Gasteiger charge is 2.07. The Balaban J connectivity index is 1.90. The SMILES string of the molecule is CN(C)c1ccc(CCC(=O)Nc2cccc(C(=O)O)c2)cc1. The molecule has 0 radical (unpaired) electrons. The van der Waals surface area contributed by atoms with E-state index in [4.69, 9.17) is 5.11 Å². The molecule has 0 atom stereocenters. The van der Waals surface area contributed by atoms with Crippen LogP contribution in [0.1, 0.15) is 22.3 Å². The summed E-state index contributed by atoms with van der Waals surface area (Å²) in [6, 6.07) is 14.3. The molecule has 0 heterocycles. The van der Waals surface area contributed by atoms with Crippen LogP contribution < -0.4 is 10.2 Å². The van der Waals surface area contributed by atoms with Crippen LogP contribution in [0.15, 0.2) is 48.5 Å². The molecule has 1 amide bonds. The molecule has 2 aromatic carbocycles. The number of nitrogens with one attached hydrogen (secondary N) is 1. The Morgan fingerprint density at radius 1 is 1.09 bits per heavy atom. The molecule has 0 saturated carbocycles. The molecular formula is C18H20N2O3. The fourth-order valence-electron chi connectivity index (χ4n) is 2.17. The standard InChI is InChI=1S/C18H20N2O3/c1-20(2)16-9-6-13(7-10-16)8-11-17(21)19-15-5-3-4-14(12-15)18(22)23/h3-7,9-10,12H,8,11H2,1-2H3,(H,19,21)(H,22,23). The lowest BCUT2D eigenvalue weighted by molar-refractivity contribution is -0.116. The molecule has 0 spiro atoms. The second-order valence-corrected chi connectivity index (χ2v) is 5.50. The van der Waals surface area contributed by atoms with Gasteiger partial charge in [-0.15, -0.1) is 0 Å². The van der Waals surface area contributed by atoms with E-state index < -0.39 is 5.97 Å². The molecule has 0 aliphatic heterocycles. The fourth-order valence-corrected chi connectivity index (χ4v) is 2.17. The number of anilines is 2. The number of carboxylic acid groups (broad SMARTS) is 1. The van der Waals surface area contributed by atoms with Gasteiger partial charge in [0.1, 0.15) is 0 Å². The molecule has 2 aromatic rings. The zero-order valence-electron chi connectivity index (χ0n) is 13.2. The highest BCUT2D eigenvalue weighted by molar-refractivity contribution is 5.93. The zero-order valence-corrected chi connectivity index (χ0v) is 13.2. The molecule has 0 saturated heterocycles. The summed E-state index contributed by atoms with van der Waals surface area (Å²) in [4.78, 5) is 24.9. The van der Waals surface area contributed by atoms with Gasteiger partial charge in [0.05, 0.1) is 5.56 Å². The van der Waals surface area contributed by atoms with Crippen LogP contribution in [0.5, 0.6) is 0 Å². The van der Waals surface area contributed by atoms with E-state index in [1.165, 1.54) is 12.1 Å². The van der Waals surface area contributed by atoms with E-state index in [1.807, 2.05) is 43.3 Å². The average molecular weight is 312 g/mol. The van der Waals surface area contributed by atoms with Crippen LogP contribution in [-0.4, -0.2) is 31.1 Å². The number of aromatic carboxylic acids is 1. The van der Waals surface area contributed by atoms with Crippen LogP contribution in [0.2, 0.25) is 0 Å². The second-order valence-electron chi connectivity index (χ2n) is 5.50. The molecule has 0 fully saturated rings. The number of amides is 1. The molecule has 0 bridgehead atoms. The molecule has 0 aromatic heterocycles. The van der Waals surface area contributed by atoms with Gasteiger partial charge in [-0.2, -0.15) is 0 Å². The first-order valence-electron chi connectivity index (χ1n) is 7.35. The van der Waals surface area contributed by atoms with Gasteiger partial charge in [0, 0.05) is 31.9 Å². The number of aryl methyl sites for hydroxylation is 1. The first-order valence-corrected chi connectivity index (χ1v) is 7.35. The molecule has 5 nitrogen and oxygen atoms in total. The number of rotatable bonds is 6. The Hall–Kier alpha value is -2.82. The zero-order chi connectivity index (χ0) is 16.8. The lowest BCUT2D eigenvalue weighted by Crippen LogP contribution is -2.13. The number of hydrogen-bond donors (Lipinski definition) is 2. The van der Waals surface area contributed by atoms with E-state index in [1.54, 1.807) is 12.1 Å². The number of carbonyl (C=O) groups is 2. The van der Waals surface area contributed by atoms with Gasteiger partial charge in [-0.3, -0.25) is 4.79 Å². The van der Waals surface area contributed by atoms with Gasteiger partial charge in [0.2, 0.25) is 5.91 Å². The topological polar surface area (TPSA) is 69.6 Å². The van der Waals surface area contributed by atoms with Crippen LogP contribution in [0.4, 0.5) is 11.4 Å². The second kappa shape index (κ2) is 7.45. The molecule has 120 valence electrons. The van der Waals surface area contributed by atoms with E-state index >= 15 is 0 Å². The van der Waals surface area contributed by atoms with Gasteiger partial charge in [0.15, 0.2) is 0 Å². The first kappa shape index (κ1) is 16.5. The van der Waals surface area contributed by atoms with Crippen LogP contribution in [0.3, 0.4) is 0 Å². The third kappa shape index (κ3) is 4.85. The van der Waals surface area contributed by atoms with Crippen LogP contribution >= 0.6 is 0 Å². The maximum Gasteiger partial charge on any atom is 0.335 e. The van der Waals surface area contributed by atoms with Gasteiger partial charge < -0.3 is 15.3 Å². The van der Waals surface area contributed by atoms with Crippen molar-refractivity contribution in [3.05, 3.63) is 59.7 Å². The maximum absolute atomic E-state index is 12.0. The summed E-state index contributed by atoms with van der Waals surface area (Å²) in [7, 11) is 3.96. The average Bonchev–Trinajstić information content (AvgIpc) is 2.53. The van der Waals surface area contributed by atoms with E-state index in [9.17, 15) is 9.59 Å². The maximum atomic E-state index is 12.0. The van der Waals surface area contributed by atoms with E-state index in [0.29, 0.717) is 18.5 Å². The van der Waals surface area contributed by atoms with Crippen molar-refractivity contribution >= 4 is 23.3 Å². The number of carbonyl (C=O) groups excluding carboxylic acids is 1. The first-order chi connectivity index (χ1) is 11.0. The van der Waals surface area contributed by atoms with E-state index in [2.05, 4.69) is 5.32 Å². The summed E-state index contributed by atoms with van der Waals surface area (Å²) in [5.74, 6) is -1.15. The monoisotopic (exact) mass is 312 g/mol. The van der Waals surface area contributed by atoms with Crippen LogP contribution in [0.25, 0.3) is 0 Å². The lowest BCUT2D eigenvalue weighted by atomic mass is 10.1. The smallest absolute Gasteiger partial charge is 0.335 e. The minimum Gasteiger partial charge on any atom is -0.478 e. The summed E-state index contributed by atoms with van der Waals surface area (Å²) in [6.45, 7) is 0. The van der Waals surface area contributed by atoms with Crippen molar-refractivity contribution in [2.75, 3.05) is 24.3 Å². The summed E-state index contributed by atoms with van der Waals surface area (Å²) < 4.78 is 0. The summed E-state index contributed by atoms with van der Waals surface area (Å²) in [5.41, 5.74) is 2.86. The number of hydrogen-bond acceptors (Lipinski definition) is 3. The Morgan fingerprint density at radius 3 is 2.39 bits per heavy atom. The van der Waals surface area contributed by atoms with Gasteiger partial charge in [0.25, 0.3) is 0 Å². The molecule has 0 unspecified atom stereocenters. The van der Waals surface area contributed by atoms with Gasteiger partial charge in [-0.1, -0.05) is 18.2 Å². The molecule has 0 aliphatic rings. The minimum absolute atomic E-state index is 0.135. The van der Waals surface area contributed by atoms with Crippen molar-refractivity contribution in [1.29, 1.82) is 0 Å². The van der Waals surface area contributed by atoms with Crippen molar-refractivity contribution in [2.45, 2.75) is 12.8 Å². The molecular weight excluding hydrogens is 292 g/mol. The molecule has 0 aliphatic carbocycles. The Kier molecular flexibility index (Phi) is 5.36. The molecule has 5 heteroatoms. The Labute approximate surface area is 135 Å². The quantitative estimate of drug-likeness (QED) is 0.860. The predicted octanol–water partition coefficient (Wildman–Crippen LogP) is 3.02. The summed E-state index contributed by atoms with van der Waals surface area (Å²) in [5, 5.41) is 11.7. The van der Waals surface area contributed by atoms with Gasteiger partial charge >= 0.3 is 5.97 Å². The third-order valence-corrected chi connectivity index (χ3v) is 3.49. The van der Waals surface area contributed by atoms with Crippen molar-refractivity contribution < 1.29 is 14.7 Å². The van der Waals surface area contributed by atoms with Crippen LogP contribution in [-0.2, 0) is 11.2 Å². The van der Waals surface area contributed by atoms with Crippen molar-refractivity contribution in [2.24, 2.45) is 0 Å². The number of carboxylic acids is 1. The fraction of sp³-hybridized carbons (Fsp3) is 0.222. The van der Waals surface area contributed by atoms with E-state index in [0.717, 1.165) is 11.3 Å². The van der Waals surface area contributed by atoms with Crippen molar-refractivity contribution in [1.82, 2.24) is 0 Å². The summed E-state index contributed by atoms with van der Waals surface area (Å²) in [6.07, 6.45) is 0.983. The normalized spacial score (nSPS) is 10.2. The highest BCUT2D eigenvalue weighted by atomic mass is 16.4. The Bertz CT molecular complexity index is 694. The lowest BCUT2D eigenvalue weighted by Gasteiger charge is -2.12.